The fourth-order valence-electron chi connectivity index (χ4n) is 3.26. The largest absolute Gasteiger partial charge is 0.497 e. The summed E-state index contributed by atoms with van der Waals surface area (Å²) >= 11 is 0. The Morgan fingerprint density at radius 3 is 2.45 bits per heavy atom. The molecule has 0 saturated heterocycles. The van der Waals surface area contributed by atoms with Crippen LogP contribution in [0.25, 0.3) is 0 Å². The maximum atomic E-state index is 13.2. The molecule has 6 heteroatoms. The lowest BCUT2D eigenvalue weighted by Crippen LogP contribution is -2.50. The highest BCUT2D eigenvalue weighted by Gasteiger charge is 2.28. The predicted molar refractivity (Wildman–Crippen MR) is 122 cm³/mol. The van der Waals surface area contributed by atoms with E-state index in [1.54, 1.807) is 12.0 Å². The fourth-order valence-corrected chi connectivity index (χ4v) is 3.26. The first-order valence-electron chi connectivity index (χ1n) is 10.9. The van der Waals surface area contributed by atoms with E-state index in [1.165, 1.54) is 0 Å². The average molecular weight is 427 g/mol. The van der Waals surface area contributed by atoms with Gasteiger partial charge >= 0.3 is 0 Å². The van der Waals surface area contributed by atoms with Gasteiger partial charge in [-0.3, -0.25) is 9.59 Å². The summed E-state index contributed by atoms with van der Waals surface area (Å²) in [6.45, 7) is 6.75. The second-order valence-electron chi connectivity index (χ2n) is 7.54. The van der Waals surface area contributed by atoms with E-state index in [0.29, 0.717) is 31.0 Å². The first kappa shape index (κ1) is 24.3. The molecular weight excluding hydrogens is 392 g/mol. The number of hydrogen-bond acceptors (Lipinski definition) is 4. The third-order valence-corrected chi connectivity index (χ3v) is 5.09. The minimum absolute atomic E-state index is 0.133. The Balaban J connectivity index is 2.18. The lowest BCUT2D eigenvalue weighted by atomic mass is 10.1. The Kier molecular flexibility index (Phi) is 9.88. The first-order chi connectivity index (χ1) is 15.0. The van der Waals surface area contributed by atoms with E-state index in [1.807, 2.05) is 62.4 Å². The van der Waals surface area contributed by atoms with Crippen LogP contribution in [0.5, 0.6) is 11.5 Å². The van der Waals surface area contributed by atoms with E-state index < -0.39 is 6.04 Å². The van der Waals surface area contributed by atoms with Crippen molar-refractivity contribution in [1.29, 1.82) is 0 Å². The minimum Gasteiger partial charge on any atom is -0.497 e. The van der Waals surface area contributed by atoms with Gasteiger partial charge in [-0.2, -0.15) is 0 Å². The molecule has 31 heavy (non-hydrogen) atoms. The second kappa shape index (κ2) is 12.6. The molecule has 0 saturated carbocycles. The Morgan fingerprint density at radius 2 is 1.81 bits per heavy atom. The number of aryl methyl sites for hydroxylation is 1. The standard InChI is InChI=1S/C25H34N2O4/c1-5-7-15-26-25(29)23(6-2)27(17-20-9-8-10-22(16-20)30-4)24(28)18-31-21-13-11-19(3)12-14-21/h8-14,16,23H,5-7,15,17-18H2,1-4H3,(H,26,29)/t23-/m0/s1. The fraction of sp³-hybridized carbons (Fsp3) is 0.440. The van der Waals surface area contributed by atoms with E-state index in [2.05, 4.69) is 12.2 Å². The smallest absolute Gasteiger partial charge is 0.261 e. The molecule has 2 aromatic carbocycles. The zero-order chi connectivity index (χ0) is 22.6. The molecule has 0 radical (unpaired) electrons. The number of unbranched alkanes of at least 4 members (excludes halogenated alkanes) is 1. The van der Waals surface area contributed by atoms with E-state index >= 15 is 0 Å². The predicted octanol–water partition coefficient (Wildman–Crippen LogP) is 4.11. The monoisotopic (exact) mass is 426 g/mol. The van der Waals surface area contributed by atoms with Gasteiger partial charge in [-0.15, -0.1) is 0 Å². The Labute approximate surface area is 185 Å². The Morgan fingerprint density at radius 1 is 1.06 bits per heavy atom. The van der Waals surface area contributed by atoms with Gasteiger partial charge in [0.2, 0.25) is 5.91 Å². The maximum absolute atomic E-state index is 13.2. The number of benzene rings is 2. The molecule has 0 aliphatic heterocycles. The first-order valence-corrected chi connectivity index (χ1v) is 10.9. The highest BCUT2D eigenvalue weighted by atomic mass is 16.5. The van der Waals surface area contributed by atoms with Crippen LogP contribution in [0.1, 0.15) is 44.2 Å². The van der Waals surface area contributed by atoms with Crippen molar-refractivity contribution in [2.24, 2.45) is 0 Å². The molecule has 2 amide bonds. The van der Waals surface area contributed by atoms with Gasteiger partial charge in [0.05, 0.1) is 7.11 Å². The van der Waals surface area contributed by atoms with Gasteiger partial charge in [-0.05, 0) is 49.6 Å². The molecule has 168 valence electrons. The zero-order valence-electron chi connectivity index (χ0n) is 19.0. The van der Waals surface area contributed by atoms with Crippen LogP contribution in [0.2, 0.25) is 0 Å². The van der Waals surface area contributed by atoms with E-state index in [0.717, 1.165) is 24.0 Å². The van der Waals surface area contributed by atoms with Crippen molar-refractivity contribution in [3.8, 4) is 11.5 Å². The van der Waals surface area contributed by atoms with Gasteiger partial charge in [0.1, 0.15) is 17.5 Å². The Bertz CT molecular complexity index is 836. The topological polar surface area (TPSA) is 67.9 Å². The third-order valence-electron chi connectivity index (χ3n) is 5.09. The van der Waals surface area contributed by atoms with Gasteiger partial charge in [0, 0.05) is 13.1 Å². The summed E-state index contributed by atoms with van der Waals surface area (Å²) in [6.07, 6.45) is 2.41. The van der Waals surface area contributed by atoms with Crippen molar-refractivity contribution < 1.29 is 19.1 Å². The van der Waals surface area contributed by atoms with Gasteiger partial charge in [0.25, 0.3) is 5.91 Å². The molecular formula is C25H34N2O4. The molecule has 6 nitrogen and oxygen atoms in total. The van der Waals surface area contributed by atoms with E-state index in [-0.39, 0.29) is 18.4 Å². The van der Waals surface area contributed by atoms with Crippen LogP contribution < -0.4 is 14.8 Å². The number of amides is 2. The molecule has 0 fully saturated rings. The summed E-state index contributed by atoms with van der Waals surface area (Å²) < 4.78 is 11.0. The molecule has 2 rings (SSSR count). The highest BCUT2D eigenvalue weighted by Crippen LogP contribution is 2.18. The van der Waals surface area contributed by atoms with Crippen LogP contribution in [0.3, 0.4) is 0 Å². The van der Waals surface area contributed by atoms with Crippen molar-refractivity contribution in [3.63, 3.8) is 0 Å². The van der Waals surface area contributed by atoms with Crippen molar-refractivity contribution in [2.75, 3.05) is 20.3 Å². The number of carbonyl (C=O) groups is 2. The summed E-state index contributed by atoms with van der Waals surface area (Å²) in [6, 6.07) is 14.5. The number of methoxy groups -OCH3 is 1. The molecule has 0 aromatic heterocycles. The summed E-state index contributed by atoms with van der Waals surface area (Å²) in [5.74, 6) is 0.963. The number of nitrogens with one attached hydrogen (secondary N) is 1. The molecule has 2 aromatic rings. The highest BCUT2D eigenvalue weighted by molar-refractivity contribution is 5.88. The number of nitrogens with zero attached hydrogens (tertiary/aromatic N) is 1. The molecule has 1 atom stereocenters. The molecule has 1 N–H and O–H groups in total. The zero-order valence-corrected chi connectivity index (χ0v) is 19.0. The summed E-state index contributed by atoms with van der Waals surface area (Å²) in [4.78, 5) is 27.6. The van der Waals surface area contributed by atoms with Crippen LogP contribution in [-0.4, -0.2) is 43.0 Å². The molecule has 0 aliphatic carbocycles. The third kappa shape index (κ3) is 7.63. The van der Waals surface area contributed by atoms with Crippen molar-refractivity contribution in [1.82, 2.24) is 10.2 Å². The van der Waals surface area contributed by atoms with Crippen LogP contribution in [0.15, 0.2) is 48.5 Å². The van der Waals surface area contributed by atoms with Crippen LogP contribution >= 0.6 is 0 Å². The molecule has 0 spiro atoms. The van der Waals surface area contributed by atoms with Gasteiger partial charge in [0.15, 0.2) is 6.61 Å². The second-order valence-corrected chi connectivity index (χ2v) is 7.54. The number of carbonyl (C=O) groups excluding carboxylic acids is 2. The summed E-state index contributed by atoms with van der Waals surface area (Å²) in [7, 11) is 1.60. The average Bonchev–Trinajstić information content (AvgIpc) is 2.78. The Hall–Kier alpha value is -3.02. The molecule has 0 heterocycles. The lowest BCUT2D eigenvalue weighted by Gasteiger charge is -2.30. The quantitative estimate of drug-likeness (QED) is 0.519. The van der Waals surface area contributed by atoms with Crippen LogP contribution in [-0.2, 0) is 16.1 Å². The minimum atomic E-state index is -0.572. The van der Waals surface area contributed by atoms with Gasteiger partial charge < -0.3 is 19.7 Å². The lowest BCUT2D eigenvalue weighted by molar-refractivity contribution is -0.143. The summed E-state index contributed by atoms with van der Waals surface area (Å²) in [5, 5.41) is 2.96. The van der Waals surface area contributed by atoms with E-state index in [4.69, 9.17) is 9.47 Å². The normalized spacial score (nSPS) is 11.5. The van der Waals surface area contributed by atoms with Crippen molar-refractivity contribution >= 4 is 11.8 Å². The molecule has 0 aliphatic rings. The molecule has 0 unspecified atom stereocenters. The maximum Gasteiger partial charge on any atom is 0.261 e. The van der Waals surface area contributed by atoms with Crippen LogP contribution in [0.4, 0.5) is 0 Å². The number of hydrogen-bond donors (Lipinski definition) is 1. The van der Waals surface area contributed by atoms with E-state index in [9.17, 15) is 9.59 Å². The SMILES string of the molecule is CCCCNC(=O)[C@H](CC)N(Cc1cccc(OC)c1)C(=O)COc1ccc(C)cc1. The van der Waals surface area contributed by atoms with Crippen molar-refractivity contribution in [2.45, 2.75) is 52.6 Å². The number of ether oxygens (including phenoxy) is 2. The molecule has 0 bridgehead atoms. The van der Waals surface area contributed by atoms with Gasteiger partial charge in [-0.25, -0.2) is 0 Å². The van der Waals surface area contributed by atoms with Gasteiger partial charge in [-0.1, -0.05) is 50.1 Å². The van der Waals surface area contributed by atoms with Crippen LogP contribution in [0, 0.1) is 6.92 Å². The van der Waals surface area contributed by atoms with Crippen molar-refractivity contribution in [3.05, 3.63) is 59.7 Å². The summed E-state index contributed by atoms with van der Waals surface area (Å²) in [5.41, 5.74) is 2.01. The number of rotatable bonds is 12.